The van der Waals surface area contributed by atoms with Crippen molar-refractivity contribution in [2.75, 3.05) is 66.8 Å². The Morgan fingerprint density at radius 1 is 0.857 bits per heavy atom. The van der Waals surface area contributed by atoms with E-state index in [1.807, 2.05) is 12.1 Å². The largest absolute Gasteiger partial charge is 0.497 e. The Morgan fingerprint density at radius 2 is 1.39 bits per heavy atom. The van der Waals surface area contributed by atoms with Crippen molar-refractivity contribution in [2.45, 2.75) is 19.8 Å². The second kappa shape index (κ2) is 8.12. The van der Waals surface area contributed by atoms with Crippen LogP contribution in [0.5, 0.6) is 5.75 Å². The highest BCUT2D eigenvalue weighted by atomic mass is 16.5. The Balaban J connectivity index is 1.43. The van der Waals surface area contributed by atoms with Crippen molar-refractivity contribution in [1.82, 2.24) is 9.97 Å². The zero-order chi connectivity index (χ0) is 19.5. The number of benzene rings is 1. The summed E-state index contributed by atoms with van der Waals surface area (Å²) < 4.78 is 5.25. The number of ether oxygens (including phenoxy) is 1. The highest BCUT2D eigenvalue weighted by Gasteiger charge is 2.24. The maximum Gasteiger partial charge on any atom is 0.157 e. The van der Waals surface area contributed by atoms with Crippen molar-refractivity contribution in [3.8, 4) is 5.75 Å². The summed E-state index contributed by atoms with van der Waals surface area (Å²) in [6, 6.07) is 8.25. The van der Waals surface area contributed by atoms with Gasteiger partial charge < -0.3 is 25.2 Å². The van der Waals surface area contributed by atoms with Gasteiger partial charge >= 0.3 is 0 Å². The van der Waals surface area contributed by atoms with Crippen molar-refractivity contribution in [2.24, 2.45) is 5.92 Å². The van der Waals surface area contributed by atoms with Gasteiger partial charge in [0.1, 0.15) is 17.8 Å². The summed E-state index contributed by atoms with van der Waals surface area (Å²) >= 11 is 0. The van der Waals surface area contributed by atoms with Crippen molar-refractivity contribution in [3.05, 3.63) is 30.6 Å². The van der Waals surface area contributed by atoms with Crippen LogP contribution in [-0.2, 0) is 0 Å². The van der Waals surface area contributed by atoms with Gasteiger partial charge in [-0.2, -0.15) is 0 Å². The Labute approximate surface area is 167 Å². The molecule has 7 heteroatoms. The van der Waals surface area contributed by atoms with Gasteiger partial charge in [-0.15, -0.1) is 0 Å². The van der Waals surface area contributed by atoms with Crippen LogP contribution in [0, 0.1) is 5.92 Å². The maximum atomic E-state index is 6.52. The van der Waals surface area contributed by atoms with Gasteiger partial charge in [0.2, 0.25) is 0 Å². The lowest BCUT2D eigenvalue weighted by atomic mass is 9.99. The molecule has 150 valence electrons. The standard InChI is InChI=1S/C21H30N6O/c1-16-7-9-26(10-8-16)20-19(22)21(24-15-23-20)27-13-11-25(12-14-27)17-3-5-18(28-2)6-4-17/h3-6,15-16H,7-14,22H2,1-2H3. The molecule has 0 spiro atoms. The topological polar surface area (TPSA) is 70.8 Å². The number of piperidine rings is 1. The molecule has 2 aliphatic rings. The van der Waals surface area contributed by atoms with Crippen LogP contribution in [0.15, 0.2) is 30.6 Å². The number of anilines is 4. The number of hydrogen-bond acceptors (Lipinski definition) is 7. The predicted molar refractivity (Wildman–Crippen MR) is 114 cm³/mol. The van der Waals surface area contributed by atoms with Crippen LogP contribution in [0.25, 0.3) is 0 Å². The van der Waals surface area contributed by atoms with E-state index in [9.17, 15) is 0 Å². The first-order valence-corrected chi connectivity index (χ1v) is 10.1. The van der Waals surface area contributed by atoms with E-state index in [0.29, 0.717) is 0 Å². The fourth-order valence-electron chi connectivity index (χ4n) is 4.07. The van der Waals surface area contributed by atoms with E-state index in [1.165, 1.54) is 18.5 Å². The summed E-state index contributed by atoms with van der Waals surface area (Å²) in [4.78, 5) is 16.0. The van der Waals surface area contributed by atoms with E-state index >= 15 is 0 Å². The number of piperazine rings is 1. The first-order chi connectivity index (χ1) is 13.7. The molecule has 2 fully saturated rings. The molecule has 0 radical (unpaired) electrons. The van der Waals surface area contributed by atoms with Gasteiger partial charge in [-0.05, 0) is 43.0 Å². The van der Waals surface area contributed by atoms with Crippen LogP contribution in [0.1, 0.15) is 19.8 Å². The number of nitrogens with two attached hydrogens (primary N) is 1. The third-order valence-electron chi connectivity index (χ3n) is 5.94. The van der Waals surface area contributed by atoms with Crippen molar-refractivity contribution >= 4 is 23.0 Å². The number of methoxy groups -OCH3 is 1. The predicted octanol–water partition coefficient (Wildman–Crippen LogP) is 2.63. The van der Waals surface area contributed by atoms with Crippen LogP contribution in [0.2, 0.25) is 0 Å². The molecule has 0 atom stereocenters. The van der Waals surface area contributed by atoms with E-state index < -0.39 is 0 Å². The smallest absolute Gasteiger partial charge is 0.157 e. The van der Waals surface area contributed by atoms with Crippen molar-refractivity contribution in [3.63, 3.8) is 0 Å². The number of nitrogen functional groups attached to an aromatic ring is 1. The number of rotatable bonds is 4. The Kier molecular flexibility index (Phi) is 5.41. The summed E-state index contributed by atoms with van der Waals surface area (Å²) in [5.41, 5.74) is 8.46. The Morgan fingerprint density at radius 3 is 1.96 bits per heavy atom. The molecule has 7 nitrogen and oxygen atoms in total. The minimum atomic E-state index is 0.718. The minimum absolute atomic E-state index is 0.718. The van der Waals surface area contributed by atoms with Crippen LogP contribution < -0.4 is 25.2 Å². The normalized spacial score (nSPS) is 18.4. The number of nitrogens with zero attached hydrogens (tertiary/aromatic N) is 5. The zero-order valence-corrected chi connectivity index (χ0v) is 16.8. The summed E-state index contributed by atoms with van der Waals surface area (Å²) in [6.45, 7) is 8.01. The molecule has 0 unspecified atom stereocenters. The number of hydrogen-bond donors (Lipinski definition) is 1. The summed E-state index contributed by atoms with van der Waals surface area (Å²) in [6.07, 6.45) is 4.05. The molecule has 2 N–H and O–H groups in total. The molecule has 0 amide bonds. The molecule has 0 bridgehead atoms. The fourth-order valence-corrected chi connectivity index (χ4v) is 4.07. The SMILES string of the molecule is COc1ccc(N2CCN(c3ncnc(N4CCC(C)CC4)c3N)CC2)cc1. The average molecular weight is 383 g/mol. The maximum absolute atomic E-state index is 6.52. The van der Waals surface area contributed by atoms with E-state index in [4.69, 9.17) is 10.5 Å². The second-order valence-corrected chi connectivity index (χ2v) is 7.78. The van der Waals surface area contributed by atoms with Crippen LogP contribution in [0.3, 0.4) is 0 Å². The Bertz CT molecular complexity index is 780. The first kappa shape index (κ1) is 18.7. The van der Waals surface area contributed by atoms with Gasteiger partial charge in [-0.3, -0.25) is 0 Å². The van der Waals surface area contributed by atoms with Crippen molar-refractivity contribution in [1.29, 1.82) is 0 Å². The first-order valence-electron chi connectivity index (χ1n) is 10.1. The lowest BCUT2D eigenvalue weighted by Gasteiger charge is -2.38. The highest BCUT2D eigenvalue weighted by Crippen LogP contribution is 2.32. The van der Waals surface area contributed by atoms with E-state index in [0.717, 1.165) is 68.3 Å². The zero-order valence-electron chi connectivity index (χ0n) is 16.8. The quantitative estimate of drug-likeness (QED) is 0.871. The molecule has 3 heterocycles. The number of aromatic nitrogens is 2. The molecule has 2 saturated heterocycles. The van der Waals surface area contributed by atoms with E-state index in [-0.39, 0.29) is 0 Å². The molecule has 2 aromatic rings. The lowest BCUT2D eigenvalue weighted by molar-refractivity contribution is 0.415. The third-order valence-corrected chi connectivity index (χ3v) is 5.94. The van der Waals surface area contributed by atoms with E-state index in [2.05, 4.69) is 43.7 Å². The minimum Gasteiger partial charge on any atom is -0.497 e. The van der Waals surface area contributed by atoms with Gasteiger partial charge in [0.15, 0.2) is 11.6 Å². The fraction of sp³-hybridized carbons (Fsp3) is 0.524. The van der Waals surface area contributed by atoms with Gasteiger partial charge in [-0.25, -0.2) is 9.97 Å². The summed E-state index contributed by atoms with van der Waals surface area (Å²) in [5, 5.41) is 0. The van der Waals surface area contributed by atoms with Crippen LogP contribution in [-0.4, -0.2) is 56.3 Å². The monoisotopic (exact) mass is 382 g/mol. The Hall–Kier alpha value is -2.70. The molecular formula is C21H30N6O. The van der Waals surface area contributed by atoms with Gasteiger partial charge in [0, 0.05) is 45.0 Å². The second-order valence-electron chi connectivity index (χ2n) is 7.78. The van der Waals surface area contributed by atoms with Gasteiger partial charge in [0.05, 0.1) is 7.11 Å². The summed E-state index contributed by atoms with van der Waals surface area (Å²) in [7, 11) is 1.69. The molecule has 0 saturated carbocycles. The van der Waals surface area contributed by atoms with Crippen LogP contribution in [0.4, 0.5) is 23.0 Å². The van der Waals surface area contributed by atoms with Crippen molar-refractivity contribution < 1.29 is 4.74 Å². The lowest BCUT2D eigenvalue weighted by Crippen LogP contribution is -2.47. The van der Waals surface area contributed by atoms with Crippen LogP contribution >= 0.6 is 0 Å². The molecule has 0 aliphatic carbocycles. The summed E-state index contributed by atoms with van der Waals surface area (Å²) in [5.74, 6) is 3.44. The molecule has 1 aromatic heterocycles. The molecule has 1 aromatic carbocycles. The third kappa shape index (κ3) is 3.79. The van der Waals surface area contributed by atoms with E-state index in [1.54, 1.807) is 13.4 Å². The molecule has 28 heavy (non-hydrogen) atoms. The van der Waals surface area contributed by atoms with Gasteiger partial charge in [-0.1, -0.05) is 6.92 Å². The highest BCUT2D eigenvalue weighted by molar-refractivity contribution is 5.76. The average Bonchev–Trinajstić information content (AvgIpc) is 2.75. The molecule has 4 rings (SSSR count). The molecular weight excluding hydrogens is 352 g/mol. The van der Waals surface area contributed by atoms with Gasteiger partial charge in [0.25, 0.3) is 0 Å². The molecule has 2 aliphatic heterocycles.